The van der Waals surface area contributed by atoms with Gasteiger partial charge in [-0.05, 0) is 47.1 Å². The SMILES string of the molecule is C#CCOC(=O)CCc1ccc(C(C)C)cc2c(C)ccc1-2. The van der Waals surface area contributed by atoms with Crippen LogP contribution in [-0.4, -0.2) is 12.6 Å². The summed E-state index contributed by atoms with van der Waals surface area (Å²) in [5, 5.41) is 0. The van der Waals surface area contributed by atoms with Gasteiger partial charge in [-0.25, -0.2) is 0 Å². The molecule has 0 saturated carbocycles. The number of carbonyl (C=O) groups excluding carboxylic acids is 1. The minimum absolute atomic E-state index is 0.0454. The number of hydrogen-bond donors (Lipinski definition) is 0. The van der Waals surface area contributed by atoms with Gasteiger partial charge < -0.3 is 4.74 Å². The van der Waals surface area contributed by atoms with Crippen LogP contribution in [-0.2, 0) is 16.0 Å². The van der Waals surface area contributed by atoms with Crippen molar-refractivity contribution in [2.75, 3.05) is 6.61 Å². The van der Waals surface area contributed by atoms with E-state index in [0.29, 0.717) is 18.8 Å². The number of terminal acetylenes is 1. The highest BCUT2D eigenvalue weighted by Crippen LogP contribution is 2.33. The molecule has 0 N–H and O–H groups in total. The molecule has 0 saturated heterocycles. The maximum atomic E-state index is 11.7. The topological polar surface area (TPSA) is 26.3 Å². The quantitative estimate of drug-likeness (QED) is 0.606. The fourth-order valence-electron chi connectivity index (χ4n) is 2.58. The molecule has 0 atom stereocenters. The lowest BCUT2D eigenvalue weighted by Crippen LogP contribution is -2.06. The van der Waals surface area contributed by atoms with Crippen molar-refractivity contribution < 1.29 is 9.53 Å². The number of ether oxygens (including phenoxy) is 1. The van der Waals surface area contributed by atoms with E-state index in [2.05, 4.69) is 57.0 Å². The van der Waals surface area contributed by atoms with Gasteiger partial charge in [-0.15, -0.1) is 6.42 Å². The summed E-state index contributed by atoms with van der Waals surface area (Å²) in [4.78, 5) is 11.7. The third kappa shape index (κ3) is 3.68. The van der Waals surface area contributed by atoms with Crippen molar-refractivity contribution in [1.82, 2.24) is 0 Å². The number of rotatable bonds is 5. The van der Waals surface area contributed by atoms with Gasteiger partial charge in [-0.2, -0.15) is 0 Å². The van der Waals surface area contributed by atoms with Crippen LogP contribution in [0.2, 0.25) is 0 Å². The number of carbonyl (C=O) groups is 1. The zero-order valence-electron chi connectivity index (χ0n) is 13.5. The Kier molecular flexibility index (Phi) is 5.22. The van der Waals surface area contributed by atoms with Gasteiger partial charge in [0.05, 0.1) is 0 Å². The van der Waals surface area contributed by atoms with Crippen LogP contribution in [0.25, 0.3) is 11.1 Å². The molecule has 2 aliphatic carbocycles. The third-order valence-corrected chi connectivity index (χ3v) is 3.93. The van der Waals surface area contributed by atoms with Gasteiger partial charge in [0.25, 0.3) is 0 Å². The molecule has 0 amide bonds. The summed E-state index contributed by atoms with van der Waals surface area (Å²) in [7, 11) is 0. The standard InChI is InChI=1S/C20H22O2/c1-5-12-22-20(21)11-9-16-7-8-17(14(2)3)13-19-15(4)6-10-18(16)19/h1,6-8,10,13-14H,9,11-12H2,2-4H3. The van der Waals surface area contributed by atoms with Crippen molar-refractivity contribution >= 4 is 5.97 Å². The summed E-state index contributed by atoms with van der Waals surface area (Å²) in [6, 6.07) is 10.8. The van der Waals surface area contributed by atoms with Crippen LogP contribution >= 0.6 is 0 Å². The van der Waals surface area contributed by atoms with E-state index in [1.54, 1.807) is 0 Å². The average Bonchev–Trinajstić information content (AvgIpc) is 2.74. The predicted octanol–water partition coefficient (Wildman–Crippen LogP) is 4.33. The van der Waals surface area contributed by atoms with Gasteiger partial charge in [0.2, 0.25) is 0 Å². The monoisotopic (exact) mass is 294 g/mol. The lowest BCUT2D eigenvalue weighted by atomic mass is 10.0. The minimum atomic E-state index is -0.245. The maximum Gasteiger partial charge on any atom is 0.307 e. The lowest BCUT2D eigenvalue weighted by molar-refractivity contribution is -0.142. The van der Waals surface area contributed by atoms with Crippen molar-refractivity contribution in [3.63, 3.8) is 0 Å². The Labute approximate surface area is 132 Å². The van der Waals surface area contributed by atoms with Crippen molar-refractivity contribution in [2.24, 2.45) is 0 Å². The Morgan fingerprint density at radius 2 is 2.00 bits per heavy atom. The second-order valence-electron chi connectivity index (χ2n) is 5.87. The molecule has 0 aromatic heterocycles. The molecule has 0 radical (unpaired) electrons. The molecule has 0 spiro atoms. The van der Waals surface area contributed by atoms with Crippen molar-refractivity contribution in [1.29, 1.82) is 0 Å². The van der Waals surface area contributed by atoms with Crippen LogP contribution in [0, 0.1) is 19.3 Å². The summed E-state index contributed by atoms with van der Waals surface area (Å²) in [6.45, 7) is 6.55. The van der Waals surface area contributed by atoms with E-state index < -0.39 is 0 Å². The average molecular weight is 294 g/mol. The van der Waals surface area contributed by atoms with E-state index in [0.717, 1.165) is 0 Å². The molecule has 114 valence electrons. The van der Waals surface area contributed by atoms with Crippen LogP contribution in [0.15, 0.2) is 30.3 Å². The Bertz CT molecular complexity index is 677. The smallest absolute Gasteiger partial charge is 0.307 e. The highest BCUT2D eigenvalue weighted by molar-refractivity contribution is 5.75. The summed E-state index contributed by atoms with van der Waals surface area (Å²) < 4.78 is 4.94. The first-order valence-electron chi connectivity index (χ1n) is 7.64. The Morgan fingerprint density at radius 3 is 2.68 bits per heavy atom. The molecule has 2 heteroatoms. The molecule has 0 unspecified atom stereocenters. The first kappa shape index (κ1) is 16.1. The molecule has 2 aliphatic rings. The second-order valence-corrected chi connectivity index (χ2v) is 5.87. The first-order chi connectivity index (χ1) is 10.5. The maximum absolute atomic E-state index is 11.7. The number of esters is 1. The van der Waals surface area contributed by atoms with Gasteiger partial charge in [0.15, 0.2) is 6.61 Å². The molecular weight excluding hydrogens is 272 g/mol. The summed E-state index contributed by atoms with van der Waals surface area (Å²) >= 11 is 0. The Balaban J connectivity index is 2.26. The molecule has 22 heavy (non-hydrogen) atoms. The van der Waals surface area contributed by atoms with E-state index in [4.69, 9.17) is 11.2 Å². The molecule has 0 bridgehead atoms. The van der Waals surface area contributed by atoms with E-state index in [9.17, 15) is 4.79 Å². The van der Waals surface area contributed by atoms with Gasteiger partial charge in [0.1, 0.15) is 0 Å². The molecule has 2 rings (SSSR count). The van der Waals surface area contributed by atoms with Crippen molar-refractivity contribution in [3.05, 3.63) is 47.0 Å². The number of hydrogen-bond acceptors (Lipinski definition) is 2. The predicted molar refractivity (Wildman–Crippen MR) is 90.0 cm³/mol. The zero-order valence-corrected chi connectivity index (χ0v) is 13.5. The Morgan fingerprint density at radius 1 is 1.23 bits per heavy atom. The largest absolute Gasteiger partial charge is 0.452 e. The summed E-state index contributed by atoms with van der Waals surface area (Å²) in [6.07, 6.45) is 6.11. The van der Waals surface area contributed by atoms with Crippen molar-refractivity contribution in [2.45, 2.75) is 39.5 Å². The molecule has 0 fully saturated rings. The van der Waals surface area contributed by atoms with Crippen LogP contribution in [0.5, 0.6) is 0 Å². The van der Waals surface area contributed by atoms with Crippen LogP contribution in [0.1, 0.15) is 42.9 Å². The normalized spacial score (nSPS) is 10.7. The number of aryl methyl sites for hydroxylation is 2. The fraction of sp³-hybridized carbons (Fsp3) is 0.350. The molecule has 0 heterocycles. The van der Waals surface area contributed by atoms with Gasteiger partial charge >= 0.3 is 5.97 Å². The second kappa shape index (κ2) is 7.13. The van der Waals surface area contributed by atoms with E-state index in [-0.39, 0.29) is 12.6 Å². The minimum Gasteiger partial charge on any atom is -0.452 e. The van der Waals surface area contributed by atoms with Gasteiger partial charge in [-0.1, -0.05) is 50.1 Å². The van der Waals surface area contributed by atoms with Gasteiger partial charge in [-0.3, -0.25) is 4.79 Å². The molecule has 0 aromatic carbocycles. The van der Waals surface area contributed by atoms with Crippen molar-refractivity contribution in [3.8, 4) is 23.5 Å². The van der Waals surface area contributed by atoms with E-state index >= 15 is 0 Å². The summed E-state index contributed by atoms with van der Waals surface area (Å²) in [5.74, 6) is 2.54. The van der Waals surface area contributed by atoms with Crippen LogP contribution in [0.3, 0.4) is 0 Å². The first-order valence-corrected chi connectivity index (χ1v) is 7.64. The molecule has 0 aromatic rings. The van der Waals surface area contributed by atoms with E-state index in [1.165, 1.54) is 27.8 Å². The molecular formula is C20H22O2. The highest BCUT2D eigenvalue weighted by atomic mass is 16.5. The van der Waals surface area contributed by atoms with Gasteiger partial charge in [0, 0.05) is 6.42 Å². The highest BCUT2D eigenvalue weighted by Gasteiger charge is 2.13. The molecule has 0 aliphatic heterocycles. The Hall–Kier alpha value is -2.27. The third-order valence-electron chi connectivity index (χ3n) is 3.93. The molecule has 2 nitrogen and oxygen atoms in total. The zero-order chi connectivity index (χ0) is 16.1. The van der Waals surface area contributed by atoms with Crippen LogP contribution < -0.4 is 0 Å². The fourth-order valence-corrected chi connectivity index (χ4v) is 2.58. The lowest BCUT2D eigenvalue weighted by Gasteiger charge is -2.05. The number of fused-ring (bicyclic) bond motifs is 1. The van der Waals surface area contributed by atoms with Crippen LogP contribution in [0.4, 0.5) is 0 Å². The summed E-state index contributed by atoms with van der Waals surface area (Å²) in [5.41, 5.74) is 6.23. The van der Waals surface area contributed by atoms with E-state index in [1.807, 2.05) is 0 Å².